The molecule has 0 spiro atoms. The lowest BCUT2D eigenvalue weighted by Gasteiger charge is -2.21. The first kappa shape index (κ1) is 33.7. The van der Waals surface area contributed by atoms with Crippen molar-refractivity contribution in [2.24, 2.45) is 0 Å². The molecule has 1 atom stereocenters. The number of hydrogen-bond acceptors (Lipinski definition) is 1. The molecule has 0 aromatic heterocycles. The maximum absolute atomic E-state index is 2.49. The zero-order valence-corrected chi connectivity index (χ0v) is 24.6. The van der Waals surface area contributed by atoms with E-state index in [0.717, 1.165) is 0 Å². The third-order valence-electron chi connectivity index (χ3n) is 7.60. The standard InChI is InChI=1S/C33H67N/c1-5-7-9-11-13-14-15-16-17-18-19-20-21-22-23-24-26-28-30-32-33(34(3)4)31-29-27-25-12-10-8-6-2/h30,32-33H,5-29,31H2,1-4H3/b32-30+. The zero-order valence-electron chi connectivity index (χ0n) is 24.6. The van der Waals surface area contributed by atoms with Gasteiger partial charge in [-0.25, -0.2) is 0 Å². The van der Waals surface area contributed by atoms with Crippen LogP contribution in [0, 0.1) is 0 Å². The number of unbranched alkanes of at least 4 members (excludes halogenated alkanes) is 23. The van der Waals surface area contributed by atoms with Crippen molar-refractivity contribution in [3.8, 4) is 0 Å². The molecule has 0 saturated carbocycles. The summed E-state index contributed by atoms with van der Waals surface area (Å²) in [7, 11) is 4.48. The van der Waals surface area contributed by atoms with Crippen molar-refractivity contribution in [1.29, 1.82) is 0 Å². The monoisotopic (exact) mass is 478 g/mol. The van der Waals surface area contributed by atoms with Gasteiger partial charge in [0.25, 0.3) is 0 Å². The molecule has 1 unspecified atom stereocenters. The maximum atomic E-state index is 2.49. The van der Waals surface area contributed by atoms with Crippen LogP contribution < -0.4 is 0 Å². The summed E-state index contributed by atoms with van der Waals surface area (Å²) in [5, 5.41) is 0. The number of likely N-dealkylation sites (N-methyl/N-ethyl adjacent to an activating group) is 1. The molecule has 0 aliphatic carbocycles. The normalized spacial score (nSPS) is 12.9. The fourth-order valence-electron chi connectivity index (χ4n) is 5.08. The van der Waals surface area contributed by atoms with E-state index in [1.165, 1.54) is 167 Å². The van der Waals surface area contributed by atoms with Gasteiger partial charge in [0.1, 0.15) is 0 Å². The fraction of sp³-hybridized carbons (Fsp3) is 0.939. The van der Waals surface area contributed by atoms with Gasteiger partial charge in [0, 0.05) is 6.04 Å². The summed E-state index contributed by atoms with van der Waals surface area (Å²) < 4.78 is 0. The number of nitrogens with zero attached hydrogens (tertiary/aromatic N) is 1. The molecule has 0 radical (unpaired) electrons. The Morgan fingerprint density at radius 3 is 1.12 bits per heavy atom. The molecule has 0 fully saturated rings. The van der Waals surface area contributed by atoms with Crippen LogP contribution in [0.5, 0.6) is 0 Å². The van der Waals surface area contributed by atoms with E-state index in [0.29, 0.717) is 6.04 Å². The Kier molecular flexibility index (Phi) is 28.7. The second kappa shape index (κ2) is 28.9. The molecule has 0 saturated heterocycles. The predicted octanol–water partition coefficient (Wildman–Crippen LogP) is 11.7. The largest absolute Gasteiger partial charge is 0.303 e. The first-order chi connectivity index (χ1) is 16.7. The van der Waals surface area contributed by atoms with Crippen LogP contribution in [-0.4, -0.2) is 25.0 Å². The van der Waals surface area contributed by atoms with Crippen LogP contribution in [0.2, 0.25) is 0 Å². The molecule has 0 heterocycles. The quantitative estimate of drug-likeness (QED) is 0.0799. The van der Waals surface area contributed by atoms with Crippen molar-refractivity contribution in [3.63, 3.8) is 0 Å². The average Bonchev–Trinajstić information content (AvgIpc) is 2.83. The number of allylic oxidation sites excluding steroid dienone is 1. The van der Waals surface area contributed by atoms with E-state index in [2.05, 4.69) is 45.0 Å². The van der Waals surface area contributed by atoms with Crippen molar-refractivity contribution >= 4 is 0 Å². The lowest BCUT2D eigenvalue weighted by molar-refractivity contribution is 0.319. The second-order valence-electron chi connectivity index (χ2n) is 11.3. The topological polar surface area (TPSA) is 3.24 Å². The van der Waals surface area contributed by atoms with Gasteiger partial charge in [-0.3, -0.25) is 0 Å². The summed E-state index contributed by atoms with van der Waals surface area (Å²) in [6.45, 7) is 4.60. The maximum Gasteiger partial charge on any atom is 0.0272 e. The van der Waals surface area contributed by atoms with Crippen molar-refractivity contribution in [1.82, 2.24) is 4.90 Å². The average molecular weight is 478 g/mol. The number of rotatable bonds is 28. The third-order valence-corrected chi connectivity index (χ3v) is 7.60. The van der Waals surface area contributed by atoms with Gasteiger partial charge >= 0.3 is 0 Å². The van der Waals surface area contributed by atoms with E-state index in [1.807, 2.05) is 0 Å². The minimum Gasteiger partial charge on any atom is -0.303 e. The first-order valence-corrected chi connectivity index (χ1v) is 16.1. The highest BCUT2D eigenvalue weighted by Crippen LogP contribution is 2.15. The molecule has 0 bridgehead atoms. The van der Waals surface area contributed by atoms with Crippen molar-refractivity contribution in [2.75, 3.05) is 14.1 Å². The van der Waals surface area contributed by atoms with Crippen molar-refractivity contribution < 1.29 is 0 Å². The molecular formula is C33H67N. The summed E-state index contributed by atoms with van der Waals surface area (Å²) in [4.78, 5) is 2.40. The summed E-state index contributed by atoms with van der Waals surface area (Å²) in [5.74, 6) is 0. The molecule has 0 aromatic rings. The minimum absolute atomic E-state index is 0.640. The van der Waals surface area contributed by atoms with E-state index in [-0.39, 0.29) is 0 Å². The molecule has 204 valence electrons. The molecule has 0 N–H and O–H groups in total. The molecule has 1 heteroatoms. The van der Waals surface area contributed by atoms with Crippen LogP contribution in [0.1, 0.15) is 181 Å². The van der Waals surface area contributed by atoms with Gasteiger partial charge in [-0.2, -0.15) is 0 Å². The molecule has 1 nitrogen and oxygen atoms in total. The van der Waals surface area contributed by atoms with Crippen LogP contribution >= 0.6 is 0 Å². The lowest BCUT2D eigenvalue weighted by atomic mass is 10.0. The summed E-state index contributed by atoms with van der Waals surface area (Å²) in [6.07, 6.45) is 42.2. The van der Waals surface area contributed by atoms with E-state index >= 15 is 0 Å². The van der Waals surface area contributed by atoms with Crippen LogP contribution in [0.25, 0.3) is 0 Å². The van der Waals surface area contributed by atoms with Gasteiger partial charge in [-0.1, -0.05) is 174 Å². The first-order valence-electron chi connectivity index (χ1n) is 16.1. The molecule has 0 amide bonds. The van der Waals surface area contributed by atoms with Gasteiger partial charge in [0.2, 0.25) is 0 Å². The van der Waals surface area contributed by atoms with Crippen molar-refractivity contribution in [3.05, 3.63) is 12.2 Å². The molecule has 0 aliphatic heterocycles. The van der Waals surface area contributed by atoms with Gasteiger partial charge in [-0.15, -0.1) is 0 Å². The number of hydrogen-bond donors (Lipinski definition) is 0. The van der Waals surface area contributed by atoms with E-state index < -0.39 is 0 Å². The third kappa shape index (κ3) is 26.3. The summed E-state index contributed by atoms with van der Waals surface area (Å²) in [6, 6.07) is 0.640. The SMILES string of the molecule is CCCCCCCCCCCCCCCCCCC/C=C/C(CCCCCCCCC)N(C)C. The molecule has 0 aromatic carbocycles. The Bertz CT molecular complexity index is 386. The Hall–Kier alpha value is -0.300. The van der Waals surface area contributed by atoms with Gasteiger partial charge < -0.3 is 4.90 Å². The van der Waals surface area contributed by atoms with Gasteiger partial charge in [0.15, 0.2) is 0 Å². The fourth-order valence-corrected chi connectivity index (χ4v) is 5.08. The molecule has 0 rings (SSSR count). The van der Waals surface area contributed by atoms with Crippen LogP contribution in [0.4, 0.5) is 0 Å². The zero-order chi connectivity index (χ0) is 25.0. The van der Waals surface area contributed by atoms with Gasteiger partial charge in [0.05, 0.1) is 0 Å². The highest BCUT2D eigenvalue weighted by molar-refractivity contribution is 4.93. The Balaban J connectivity index is 3.40. The Labute approximate surface area is 217 Å². The predicted molar refractivity (Wildman–Crippen MR) is 158 cm³/mol. The van der Waals surface area contributed by atoms with E-state index in [1.54, 1.807) is 0 Å². The second-order valence-corrected chi connectivity index (χ2v) is 11.3. The smallest absolute Gasteiger partial charge is 0.0272 e. The van der Waals surface area contributed by atoms with E-state index in [4.69, 9.17) is 0 Å². The summed E-state index contributed by atoms with van der Waals surface area (Å²) in [5.41, 5.74) is 0. The van der Waals surface area contributed by atoms with Crippen LogP contribution in [-0.2, 0) is 0 Å². The van der Waals surface area contributed by atoms with Crippen molar-refractivity contribution in [2.45, 2.75) is 187 Å². The van der Waals surface area contributed by atoms with Gasteiger partial charge in [-0.05, 0) is 33.4 Å². The molecular weight excluding hydrogens is 410 g/mol. The van der Waals surface area contributed by atoms with Crippen LogP contribution in [0.15, 0.2) is 12.2 Å². The molecule has 0 aliphatic rings. The van der Waals surface area contributed by atoms with E-state index in [9.17, 15) is 0 Å². The highest BCUT2D eigenvalue weighted by atomic mass is 15.1. The minimum atomic E-state index is 0.640. The highest BCUT2D eigenvalue weighted by Gasteiger charge is 2.06. The lowest BCUT2D eigenvalue weighted by Crippen LogP contribution is -2.25. The molecule has 34 heavy (non-hydrogen) atoms. The summed E-state index contributed by atoms with van der Waals surface area (Å²) >= 11 is 0. The Morgan fingerprint density at radius 2 is 0.765 bits per heavy atom. The Morgan fingerprint density at radius 1 is 0.441 bits per heavy atom. The van der Waals surface area contributed by atoms with Crippen LogP contribution in [0.3, 0.4) is 0 Å².